The van der Waals surface area contributed by atoms with Gasteiger partial charge in [0.15, 0.2) is 12.6 Å². The second-order valence-corrected chi connectivity index (χ2v) is 34.2. The summed E-state index contributed by atoms with van der Waals surface area (Å²) in [5.41, 5.74) is 34.5. The normalized spacial score (nSPS) is 20.2. The van der Waals surface area contributed by atoms with Gasteiger partial charge in [0.05, 0.1) is 74.9 Å². The van der Waals surface area contributed by atoms with Crippen LogP contribution in [0, 0.1) is 49.8 Å². The van der Waals surface area contributed by atoms with Crippen LogP contribution in [0.1, 0.15) is 71.1 Å². The van der Waals surface area contributed by atoms with Crippen LogP contribution in [0.5, 0.6) is 0 Å². The molecule has 12 atom stereocenters. The van der Waals surface area contributed by atoms with Gasteiger partial charge >= 0.3 is 12.2 Å². The van der Waals surface area contributed by atoms with Crippen molar-refractivity contribution in [2.45, 2.75) is 149 Å². The lowest BCUT2D eigenvalue weighted by Gasteiger charge is -2.31. The lowest BCUT2D eigenvalue weighted by atomic mass is 9.99. The van der Waals surface area contributed by atoms with Crippen LogP contribution in [0.3, 0.4) is 0 Å². The minimum atomic E-state index is -4.04. The second kappa shape index (κ2) is 39.3. The van der Waals surface area contributed by atoms with E-state index >= 15 is 0 Å². The van der Waals surface area contributed by atoms with Gasteiger partial charge in [-0.05, 0) is 115 Å². The molecule has 4 aliphatic heterocycles. The summed E-state index contributed by atoms with van der Waals surface area (Å²) in [4.78, 5) is 46.7. The number of nitrogen functional groups attached to an aromatic ring is 1. The number of nitrogens with two attached hydrogens (primary N) is 5. The smallest absolute Gasteiger partial charge is 0.407 e. The molecular formula is C74H102N12O18S3. The zero-order chi connectivity index (χ0) is 77.8. The zero-order valence-electron chi connectivity index (χ0n) is 61.1. The molecule has 4 saturated heterocycles. The Morgan fingerprint density at radius 1 is 0.449 bits per heavy atom. The number of hydrogen-bond acceptors (Lipinski definition) is 23. The van der Waals surface area contributed by atoms with Crippen molar-refractivity contribution in [3.8, 4) is 0 Å². The number of rotatable bonds is 33. The van der Waals surface area contributed by atoms with Crippen molar-refractivity contribution in [1.29, 1.82) is 0 Å². The molecule has 0 bridgehead atoms. The zero-order valence-corrected chi connectivity index (χ0v) is 63.5. The first-order valence-electron chi connectivity index (χ1n) is 35.7. The largest absolute Gasteiger partial charge is 0.443 e. The molecule has 4 heterocycles. The minimum Gasteiger partial charge on any atom is -0.443 e. The third-order valence-corrected chi connectivity index (χ3v) is 24.0. The number of nitrogens with one attached hydrogen (secondary N) is 2. The van der Waals surface area contributed by atoms with Crippen molar-refractivity contribution in [3.63, 3.8) is 0 Å². The van der Waals surface area contributed by atoms with E-state index in [1.807, 2.05) is 133 Å². The predicted molar refractivity (Wildman–Crippen MR) is 402 cm³/mol. The van der Waals surface area contributed by atoms with E-state index in [4.69, 9.17) is 57.1 Å². The summed E-state index contributed by atoms with van der Waals surface area (Å²) in [6.07, 6.45) is -0.0255. The van der Waals surface area contributed by atoms with Crippen molar-refractivity contribution in [2.75, 3.05) is 71.4 Å². The number of carbonyl (C=O) groups is 2. The SMILES string of the molecule is CC(C)CN(C[C@@H](N)[C@@H](N)Cc1ccccc1)S(=O)(=O)c1ccc([N+](=O)[O-])cc1.CC(C)CN(C[C@@H](N)[C@H](Cc1ccccc1)NC(=O)O[C@H]1CO[C@H]2OCC[C@H]21)S(=O)(=O)c1ccc(N)cc1.CC(C)CN(C[C@@H](N)[C@H](Cc1ccccc1)NC(=O)O[C@H]1CO[C@H]2OCC[C@H]21)S(=O)(=O)c1ccc([N+](=O)[O-])cc1. The summed E-state index contributed by atoms with van der Waals surface area (Å²) >= 11 is 0. The number of nitro groups is 2. The first-order valence-corrected chi connectivity index (χ1v) is 40.0. The van der Waals surface area contributed by atoms with Crippen molar-refractivity contribution in [3.05, 3.63) is 201 Å². The van der Waals surface area contributed by atoms with Crippen LogP contribution in [0.25, 0.3) is 0 Å². The van der Waals surface area contributed by atoms with Crippen LogP contribution >= 0.6 is 0 Å². The van der Waals surface area contributed by atoms with Gasteiger partial charge in [0.1, 0.15) is 12.2 Å². The predicted octanol–water partition coefficient (Wildman–Crippen LogP) is 7.15. The summed E-state index contributed by atoms with van der Waals surface area (Å²) in [5.74, 6) is 0.0731. The Labute approximate surface area is 626 Å². The molecule has 10 rings (SSSR count). The molecule has 6 aromatic rings. The molecule has 6 aromatic carbocycles. The number of nitro benzene ring substituents is 2. The highest BCUT2D eigenvalue weighted by Gasteiger charge is 2.46. The van der Waals surface area contributed by atoms with Crippen LogP contribution in [0.4, 0.5) is 26.7 Å². The number of amides is 2. The molecule has 4 aliphatic rings. The Kier molecular flexibility index (Phi) is 31.0. The van der Waals surface area contributed by atoms with Crippen molar-refractivity contribution in [1.82, 2.24) is 23.5 Å². The summed E-state index contributed by atoms with van der Waals surface area (Å²) in [6, 6.07) is 40.6. The van der Waals surface area contributed by atoms with Gasteiger partial charge in [0, 0.05) is 93.4 Å². The number of sulfonamides is 3. The first kappa shape index (κ1) is 84.5. The number of non-ortho nitro benzene ring substituents is 2. The molecule has 2 amide bonds. The Balaban J connectivity index is 0.000000205. The molecule has 0 unspecified atom stereocenters. The molecule has 0 spiro atoms. The van der Waals surface area contributed by atoms with Gasteiger partial charge in [0.25, 0.3) is 11.4 Å². The first-order chi connectivity index (χ1) is 50.8. The number of fused-ring (bicyclic) bond motifs is 2. The minimum absolute atomic E-state index is 0.00687. The third-order valence-electron chi connectivity index (χ3n) is 18.4. The lowest BCUT2D eigenvalue weighted by molar-refractivity contribution is -0.385. The molecule has 0 aromatic heterocycles. The van der Waals surface area contributed by atoms with Gasteiger partial charge in [-0.15, -0.1) is 0 Å². The fourth-order valence-corrected chi connectivity index (χ4v) is 17.8. The van der Waals surface area contributed by atoms with Gasteiger partial charge in [-0.25, -0.2) is 34.8 Å². The maximum Gasteiger partial charge on any atom is 0.407 e. The summed E-state index contributed by atoms with van der Waals surface area (Å²) < 4.78 is 118. The van der Waals surface area contributed by atoms with Crippen LogP contribution < -0.4 is 39.3 Å². The number of carbonyl (C=O) groups excluding carboxylic acids is 2. The average molecular weight is 1540 g/mol. The molecule has 0 radical (unpaired) electrons. The van der Waals surface area contributed by atoms with Crippen LogP contribution in [-0.2, 0) is 77.8 Å². The van der Waals surface area contributed by atoms with E-state index in [1.54, 1.807) is 12.1 Å². The Bertz CT molecular complexity index is 4170. The van der Waals surface area contributed by atoms with E-state index in [1.165, 1.54) is 61.4 Å². The van der Waals surface area contributed by atoms with E-state index in [0.717, 1.165) is 41.7 Å². The van der Waals surface area contributed by atoms with Gasteiger partial charge in [0.2, 0.25) is 30.1 Å². The van der Waals surface area contributed by atoms with Gasteiger partial charge < -0.3 is 67.7 Å². The summed E-state index contributed by atoms with van der Waals surface area (Å²) in [5, 5.41) is 27.6. The molecule has 0 aliphatic carbocycles. The number of benzene rings is 6. The quantitative estimate of drug-likeness (QED) is 0.0122. The van der Waals surface area contributed by atoms with E-state index < -0.39 is 101 Å². The fourth-order valence-electron chi connectivity index (χ4n) is 12.8. The topological polar surface area (TPSA) is 442 Å². The van der Waals surface area contributed by atoms with E-state index in [2.05, 4.69) is 10.6 Å². The number of nitrogens with zero attached hydrogens (tertiary/aromatic N) is 5. The van der Waals surface area contributed by atoms with Crippen LogP contribution in [0.2, 0.25) is 0 Å². The number of hydrogen-bond donors (Lipinski definition) is 7. The van der Waals surface area contributed by atoms with Crippen molar-refractivity contribution in [2.24, 2.45) is 52.5 Å². The Morgan fingerprint density at radius 3 is 1.07 bits per heavy atom. The van der Waals surface area contributed by atoms with Gasteiger partial charge in [-0.1, -0.05) is 133 Å². The lowest BCUT2D eigenvalue weighted by Crippen LogP contribution is -2.55. The van der Waals surface area contributed by atoms with Gasteiger partial charge in [-0.3, -0.25) is 20.2 Å². The molecule has 30 nitrogen and oxygen atoms in total. The summed E-state index contributed by atoms with van der Waals surface area (Å²) in [6.45, 7) is 13.8. The molecule has 4 fully saturated rings. The highest BCUT2D eigenvalue weighted by Crippen LogP contribution is 2.35. The molecule has 107 heavy (non-hydrogen) atoms. The number of ether oxygens (including phenoxy) is 6. The molecule has 33 heteroatoms. The van der Waals surface area contributed by atoms with Crippen molar-refractivity contribution < 1.29 is 73.1 Å². The monoisotopic (exact) mass is 1540 g/mol. The number of alkyl carbamates (subject to hydrolysis) is 2. The molecule has 12 N–H and O–H groups in total. The highest BCUT2D eigenvalue weighted by atomic mass is 32.2. The van der Waals surface area contributed by atoms with E-state index in [-0.39, 0.29) is 121 Å². The highest BCUT2D eigenvalue weighted by molar-refractivity contribution is 7.89. The number of anilines is 1. The van der Waals surface area contributed by atoms with Crippen LogP contribution in [0.15, 0.2) is 178 Å². The van der Waals surface area contributed by atoms with E-state index in [0.29, 0.717) is 38.2 Å². The average Bonchev–Trinajstić information content (AvgIpc) is 1.71. The van der Waals surface area contributed by atoms with Crippen molar-refractivity contribution >= 4 is 59.3 Å². The molecule has 584 valence electrons. The Hall–Kier alpha value is -8.13. The molecule has 0 saturated carbocycles. The standard InChI is InChI=1S/C27H36N4O8S.C27H38N4O6S.C20H28N4O4S/c1-18(2)15-30(40(35,36)21-10-8-20(9-11-21)31(33)34)16-23(28)24(14-19-6-4-3-5-7-19)29-27(32)39-25-17-38-26-22(25)12-13-37-26;1-18(2)15-31(38(33,34)21-10-8-20(28)9-11-21)16-23(29)24(14-19-6-4-3-5-7-19)30-27(32)37-25-17-36-26-22(25)12-13-35-26;1-15(2)13-23(14-20(22)19(21)12-16-6-4-3-5-7-16)29(27,28)18-10-8-17(9-11-18)24(25)26/h3-11,18,22-26H,12-17,28H2,1-2H3,(H,29,32);3-11,18,22-26H,12-17,28-29H2,1-2H3,(H,30,32);3-11,15,19-20H,12-14,21-22H2,1-2H3/t2*22-,23+,24-,25-,26+;19-,20+/m000/s1. The fraction of sp³-hybridized carbons (Fsp3) is 0.486. The second-order valence-electron chi connectivity index (χ2n) is 28.4. The van der Waals surface area contributed by atoms with E-state index in [9.17, 15) is 55.1 Å². The maximum absolute atomic E-state index is 13.6. The summed E-state index contributed by atoms with van der Waals surface area (Å²) in [7, 11) is -11.8. The Morgan fingerprint density at radius 2 is 0.757 bits per heavy atom. The van der Waals surface area contributed by atoms with Gasteiger partial charge in [-0.2, -0.15) is 12.9 Å². The third kappa shape index (κ3) is 24.4. The van der Waals surface area contributed by atoms with Crippen LogP contribution in [-0.4, -0.2) is 187 Å². The maximum atomic E-state index is 13.6. The molecular weight excluding hydrogens is 1440 g/mol.